The van der Waals surface area contributed by atoms with Crippen molar-refractivity contribution in [1.82, 2.24) is 15.0 Å². The van der Waals surface area contributed by atoms with Gasteiger partial charge in [-0.05, 0) is 83.9 Å². The fraction of sp³-hybridized carbons (Fsp3) is 0. The lowest BCUT2D eigenvalue weighted by molar-refractivity contribution is 1.07. The number of nitrogens with zero attached hydrogens (tertiary/aromatic N) is 4. The highest BCUT2D eigenvalue weighted by Crippen LogP contribution is 2.52. The first-order valence-electron chi connectivity index (χ1n) is 19.4. The van der Waals surface area contributed by atoms with Crippen LogP contribution in [0.3, 0.4) is 0 Å². The molecule has 1 aromatic heterocycles. The molecule has 10 aromatic rings. The van der Waals surface area contributed by atoms with Crippen LogP contribution in [0.4, 0.5) is 0 Å². The first-order chi connectivity index (χ1) is 28.7. The molecule has 0 atom stereocenters. The second kappa shape index (κ2) is 13.6. The molecular formula is C54H32N4. The fourth-order valence-corrected chi connectivity index (χ4v) is 8.62. The fourth-order valence-electron chi connectivity index (χ4n) is 8.62. The maximum absolute atomic E-state index is 9.97. The van der Waals surface area contributed by atoms with E-state index in [0.717, 1.165) is 55.3 Å². The smallest absolute Gasteiger partial charge is 0.164 e. The van der Waals surface area contributed by atoms with Crippen molar-refractivity contribution in [2.45, 2.75) is 0 Å². The van der Waals surface area contributed by atoms with Crippen LogP contribution in [0.1, 0.15) is 5.56 Å². The van der Waals surface area contributed by atoms with Crippen molar-refractivity contribution in [1.29, 1.82) is 5.26 Å². The summed E-state index contributed by atoms with van der Waals surface area (Å²) in [6.07, 6.45) is 0. The van der Waals surface area contributed by atoms with E-state index in [1.165, 1.54) is 38.6 Å². The molecule has 0 saturated heterocycles. The molecule has 11 rings (SSSR count). The van der Waals surface area contributed by atoms with Gasteiger partial charge in [-0.15, -0.1) is 0 Å². The van der Waals surface area contributed by atoms with Crippen LogP contribution in [0.15, 0.2) is 194 Å². The summed E-state index contributed by atoms with van der Waals surface area (Å²) in [6, 6.07) is 70.0. The van der Waals surface area contributed by atoms with Gasteiger partial charge in [0.05, 0.1) is 11.6 Å². The largest absolute Gasteiger partial charge is 0.208 e. The van der Waals surface area contributed by atoms with Gasteiger partial charge >= 0.3 is 0 Å². The van der Waals surface area contributed by atoms with Gasteiger partial charge < -0.3 is 0 Å². The van der Waals surface area contributed by atoms with Crippen molar-refractivity contribution in [2.24, 2.45) is 0 Å². The number of nitriles is 1. The Morgan fingerprint density at radius 2 is 0.741 bits per heavy atom. The molecule has 0 unspecified atom stereocenters. The summed E-state index contributed by atoms with van der Waals surface area (Å²) in [5, 5.41) is 14.5. The van der Waals surface area contributed by atoms with Gasteiger partial charge in [0.25, 0.3) is 0 Å². The highest BCUT2D eigenvalue weighted by molar-refractivity contribution is 6.23. The van der Waals surface area contributed by atoms with Crippen molar-refractivity contribution < 1.29 is 0 Å². The molecule has 1 aliphatic carbocycles. The van der Waals surface area contributed by atoms with Gasteiger partial charge in [-0.25, -0.2) is 15.0 Å². The molecule has 4 nitrogen and oxygen atoms in total. The van der Waals surface area contributed by atoms with E-state index in [1.54, 1.807) is 0 Å². The summed E-state index contributed by atoms with van der Waals surface area (Å²) in [5.74, 6) is 1.91. The van der Waals surface area contributed by atoms with Gasteiger partial charge in [0.2, 0.25) is 0 Å². The van der Waals surface area contributed by atoms with Gasteiger partial charge in [0.1, 0.15) is 0 Å². The molecule has 0 radical (unpaired) electrons. The molecule has 0 spiro atoms. The summed E-state index contributed by atoms with van der Waals surface area (Å²) in [7, 11) is 0. The number of rotatable bonds is 6. The predicted molar refractivity (Wildman–Crippen MR) is 237 cm³/mol. The lowest BCUT2D eigenvalue weighted by Gasteiger charge is -2.17. The molecule has 0 bridgehead atoms. The molecule has 268 valence electrons. The Hall–Kier alpha value is -8.00. The Bertz CT molecular complexity index is 3190. The molecule has 0 fully saturated rings. The van der Waals surface area contributed by atoms with Gasteiger partial charge in [-0.2, -0.15) is 5.26 Å². The second-order valence-corrected chi connectivity index (χ2v) is 14.6. The lowest BCUT2D eigenvalue weighted by Crippen LogP contribution is -2.00. The van der Waals surface area contributed by atoms with Gasteiger partial charge in [0.15, 0.2) is 17.5 Å². The Morgan fingerprint density at radius 1 is 0.293 bits per heavy atom. The molecule has 1 heterocycles. The highest BCUT2D eigenvalue weighted by atomic mass is 15.0. The van der Waals surface area contributed by atoms with Crippen LogP contribution < -0.4 is 0 Å². The minimum atomic E-state index is 0.628. The number of hydrogen-bond donors (Lipinski definition) is 0. The molecule has 0 N–H and O–H groups in total. The Balaban J connectivity index is 1.03. The Kier molecular flexibility index (Phi) is 7.84. The van der Waals surface area contributed by atoms with Gasteiger partial charge in [-0.3, -0.25) is 0 Å². The average Bonchev–Trinajstić information content (AvgIpc) is 3.63. The average molecular weight is 737 g/mol. The van der Waals surface area contributed by atoms with E-state index >= 15 is 0 Å². The number of aromatic nitrogens is 3. The van der Waals surface area contributed by atoms with Crippen LogP contribution in [0.5, 0.6) is 0 Å². The normalized spacial score (nSPS) is 11.4. The summed E-state index contributed by atoms with van der Waals surface area (Å²) in [6.45, 7) is 0. The van der Waals surface area contributed by atoms with Crippen molar-refractivity contribution >= 4 is 21.5 Å². The van der Waals surface area contributed by atoms with Gasteiger partial charge in [-0.1, -0.05) is 182 Å². The van der Waals surface area contributed by atoms with E-state index in [-0.39, 0.29) is 0 Å². The molecule has 0 aliphatic heterocycles. The maximum Gasteiger partial charge on any atom is 0.164 e. The first-order valence-corrected chi connectivity index (χ1v) is 19.4. The molecule has 0 amide bonds. The van der Waals surface area contributed by atoms with Crippen LogP contribution in [-0.4, -0.2) is 15.0 Å². The minimum absolute atomic E-state index is 0.628. The third-order valence-corrected chi connectivity index (χ3v) is 11.4. The van der Waals surface area contributed by atoms with E-state index in [4.69, 9.17) is 15.0 Å². The zero-order valence-corrected chi connectivity index (χ0v) is 31.3. The van der Waals surface area contributed by atoms with E-state index in [2.05, 4.69) is 121 Å². The first kappa shape index (κ1) is 33.3. The minimum Gasteiger partial charge on any atom is -0.208 e. The second-order valence-electron chi connectivity index (χ2n) is 14.6. The Morgan fingerprint density at radius 3 is 1.38 bits per heavy atom. The summed E-state index contributed by atoms with van der Waals surface area (Å²) in [5.41, 5.74) is 15.3. The standard InChI is InChI=1S/C54H32N4/c55-33-40-18-10-22-43-41(40)21-11-23-46(43)47-30-31-49-45-20-8-7-19-44(45)48-29-28-42(50(47)51(48)49)35-26-24-34(25-27-35)38-16-9-17-39(32-38)54-57-52(36-12-3-1-4-13-36)56-53(58-54)37-14-5-2-6-15-37/h1-32H. The van der Waals surface area contributed by atoms with E-state index in [1.807, 2.05) is 78.9 Å². The van der Waals surface area contributed by atoms with Crippen LogP contribution in [0.2, 0.25) is 0 Å². The van der Waals surface area contributed by atoms with E-state index in [0.29, 0.717) is 23.0 Å². The molecular weight excluding hydrogens is 705 g/mol. The maximum atomic E-state index is 9.97. The SMILES string of the molecule is N#Cc1cccc2c(-c3ccc4c5c(ccc(-c6ccc(-c7cccc(-c8nc(-c9ccccc9)nc(-c9ccccc9)n8)c7)cc6)c35)-c3ccccc3-4)cccc12. The Labute approximate surface area is 336 Å². The molecule has 1 aliphatic rings. The lowest BCUT2D eigenvalue weighted by atomic mass is 9.86. The zero-order valence-electron chi connectivity index (χ0n) is 31.3. The van der Waals surface area contributed by atoms with Crippen molar-refractivity contribution in [3.8, 4) is 95.9 Å². The van der Waals surface area contributed by atoms with Crippen molar-refractivity contribution in [3.63, 3.8) is 0 Å². The topological polar surface area (TPSA) is 62.5 Å². The molecule has 0 saturated carbocycles. The van der Waals surface area contributed by atoms with Crippen LogP contribution in [0.25, 0.3) is 111 Å². The van der Waals surface area contributed by atoms with E-state index < -0.39 is 0 Å². The molecule has 4 heteroatoms. The van der Waals surface area contributed by atoms with Crippen LogP contribution >= 0.6 is 0 Å². The summed E-state index contributed by atoms with van der Waals surface area (Å²) in [4.78, 5) is 14.8. The monoisotopic (exact) mass is 736 g/mol. The van der Waals surface area contributed by atoms with Crippen LogP contribution in [-0.2, 0) is 0 Å². The zero-order chi connectivity index (χ0) is 38.6. The third-order valence-electron chi connectivity index (χ3n) is 11.4. The quantitative estimate of drug-likeness (QED) is 0.170. The summed E-state index contributed by atoms with van der Waals surface area (Å²) >= 11 is 0. The highest BCUT2D eigenvalue weighted by Gasteiger charge is 2.25. The van der Waals surface area contributed by atoms with Crippen molar-refractivity contribution in [2.75, 3.05) is 0 Å². The van der Waals surface area contributed by atoms with Crippen LogP contribution in [0, 0.1) is 11.3 Å². The third kappa shape index (κ3) is 5.49. The van der Waals surface area contributed by atoms with Gasteiger partial charge in [0, 0.05) is 22.1 Å². The number of fused-ring (bicyclic) bond motifs is 4. The molecule has 58 heavy (non-hydrogen) atoms. The number of benzene rings is 9. The summed E-state index contributed by atoms with van der Waals surface area (Å²) < 4.78 is 0. The van der Waals surface area contributed by atoms with Crippen molar-refractivity contribution in [3.05, 3.63) is 200 Å². The predicted octanol–water partition coefficient (Wildman–Crippen LogP) is 13.7. The molecule has 9 aromatic carbocycles. The van der Waals surface area contributed by atoms with E-state index in [9.17, 15) is 5.26 Å². The number of hydrogen-bond acceptors (Lipinski definition) is 4.